The van der Waals surface area contributed by atoms with Gasteiger partial charge < -0.3 is 10.1 Å². The number of halogens is 1. The fraction of sp³-hybridized carbons (Fsp3) is 0.267. The topological polar surface area (TPSA) is 34.1 Å². The molecular weight excluding hydrogens is 260 g/mol. The third kappa shape index (κ3) is 3.86. The molecular formula is C15H17ClN2O. The molecule has 1 heterocycles. The second kappa shape index (κ2) is 6.43. The summed E-state index contributed by atoms with van der Waals surface area (Å²) in [5.41, 5.74) is 1.03. The third-order valence-electron chi connectivity index (χ3n) is 2.54. The minimum Gasteiger partial charge on any atom is -0.487 e. The normalized spacial score (nSPS) is 10.5. The van der Waals surface area contributed by atoms with Crippen LogP contribution in [0.2, 0.25) is 5.02 Å². The third-order valence-corrected chi connectivity index (χ3v) is 2.91. The zero-order chi connectivity index (χ0) is 13.7. The second-order valence-corrected chi connectivity index (χ2v) is 4.87. The Balaban J connectivity index is 2.09. The molecule has 0 aliphatic heterocycles. The highest BCUT2D eigenvalue weighted by atomic mass is 35.5. The highest BCUT2D eigenvalue weighted by Gasteiger charge is 2.07. The van der Waals surface area contributed by atoms with Crippen LogP contribution in [0.3, 0.4) is 0 Å². The van der Waals surface area contributed by atoms with Crippen LogP contribution in [0.1, 0.15) is 19.4 Å². The van der Waals surface area contributed by atoms with Gasteiger partial charge in [0.15, 0.2) is 11.6 Å². The average molecular weight is 277 g/mol. The van der Waals surface area contributed by atoms with Gasteiger partial charge in [0.05, 0.1) is 6.10 Å². The summed E-state index contributed by atoms with van der Waals surface area (Å²) in [7, 11) is 0. The van der Waals surface area contributed by atoms with Crippen molar-refractivity contribution < 1.29 is 4.74 Å². The molecule has 100 valence electrons. The van der Waals surface area contributed by atoms with Crippen LogP contribution in [0.4, 0.5) is 5.82 Å². The SMILES string of the molecule is CC(C)Oc1cccnc1NCc1ccccc1Cl. The van der Waals surface area contributed by atoms with E-state index in [-0.39, 0.29) is 6.10 Å². The van der Waals surface area contributed by atoms with Crippen LogP contribution in [-0.4, -0.2) is 11.1 Å². The van der Waals surface area contributed by atoms with E-state index in [2.05, 4.69) is 10.3 Å². The van der Waals surface area contributed by atoms with Crippen molar-refractivity contribution in [3.8, 4) is 5.75 Å². The number of nitrogens with one attached hydrogen (secondary N) is 1. The van der Waals surface area contributed by atoms with Gasteiger partial charge in [0.2, 0.25) is 0 Å². The Hall–Kier alpha value is -1.74. The lowest BCUT2D eigenvalue weighted by atomic mass is 10.2. The minimum absolute atomic E-state index is 0.116. The quantitative estimate of drug-likeness (QED) is 0.891. The zero-order valence-corrected chi connectivity index (χ0v) is 11.8. The first-order valence-corrected chi connectivity index (χ1v) is 6.63. The van der Waals surface area contributed by atoms with Crippen LogP contribution in [0.5, 0.6) is 5.75 Å². The molecule has 0 fully saturated rings. The van der Waals surface area contributed by atoms with E-state index in [9.17, 15) is 0 Å². The number of ether oxygens (including phenoxy) is 1. The maximum atomic E-state index is 6.12. The van der Waals surface area contributed by atoms with Crippen molar-refractivity contribution >= 4 is 17.4 Å². The second-order valence-electron chi connectivity index (χ2n) is 4.46. The number of pyridine rings is 1. The van der Waals surface area contributed by atoms with Gasteiger partial charge in [-0.1, -0.05) is 29.8 Å². The van der Waals surface area contributed by atoms with Gasteiger partial charge in [-0.25, -0.2) is 4.98 Å². The molecule has 0 spiro atoms. The lowest BCUT2D eigenvalue weighted by Gasteiger charge is -2.14. The summed E-state index contributed by atoms with van der Waals surface area (Å²) in [5.74, 6) is 1.49. The standard InChI is InChI=1S/C15H17ClN2O/c1-11(2)19-14-8-5-9-17-15(14)18-10-12-6-3-4-7-13(12)16/h3-9,11H,10H2,1-2H3,(H,17,18). The lowest BCUT2D eigenvalue weighted by molar-refractivity contribution is 0.243. The van der Waals surface area contributed by atoms with E-state index >= 15 is 0 Å². The minimum atomic E-state index is 0.116. The van der Waals surface area contributed by atoms with Gasteiger partial charge >= 0.3 is 0 Å². The van der Waals surface area contributed by atoms with E-state index in [4.69, 9.17) is 16.3 Å². The number of nitrogens with zero attached hydrogens (tertiary/aromatic N) is 1. The van der Waals surface area contributed by atoms with Gasteiger partial charge in [0, 0.05) is 17.8 Å². The van der Waals surface area contributed by atoms with E-state index < -0.39 is 0 Å². The molecule has 0 aliphatic carbocycles. The predicted octanol–water partition coefficient (Wildman–Crippen LogP) is 4.13. The van der Waals surface area contributed by atoms with Crippen molar-refractivity contribution in [1.29, 1.82) is 0 Å². The summed E-state index contributed by atoms with van der Waals surface area (Å²) in [5, 5.41) is 4.00. The van der Waals surface area contributed by atoms with Crippen LogP contribution in [0.15, 0.2) is 42.6 Å². The van der Waals surface area contributed by atoms with Crippen molar-refractivity contribution in [2.75, 3.05) is 5.32 Å². The Labute approximate surface area is 118 Å². The highest BCUT2D eigenvalue weighted by molar-refractivity contribution is 6.31. The molecule has 0 aliphatic rings. The first kappa shape index (κ1) is 13.7. The smallest absolute Gasteiger partial charge is 0.169 e. The van der Waals surface area contributed by atoms with Gasteiger partial charge in [-0.3, -0.25) is 0 Å². The maximum Gasteiger partial charge on any atom is 0.169 e. The van der Waals surface area contributed by atoms with Gasteiger partial charge in [-0.2, -0.15) is 0 Å². The molecule has 0 atom stereocenters. The number of rotatable bonds is 5. The van der Waals surface area contributed by atoms with Crippen LogP contribution in [0, 0.1) is 0 Å². The fourth-order valence-electron chi connectivity index (χ4n) is 1.69. The maximum absolute atomic E-state index is 6.12. The lowest BCUT2D eigenvalue weighted by Crippen LogP contribution is -2.09. The molecule has 0 saturated carbocycles. The summed E-state index contributed by atoms with van der Waals surface area (Å²) >= 11 is 6.12. The molecule has 2 aromatic rings. The van der Waals surface area contributed by atoms with Crippen LogP contribution in [-0.2, 0) is 6.54 Å². The Morgan fingerprint density at radius 2 is 2.00 bits per heavy atom. The summed E-state index contributed by atoms with van der Waals surface area (Å²) in [6, 6.07) is 11.5. The van der Waals surface area contributed by atoms with Gasteiger partial charge in [0.25, 0.3) is 0 Å². The Kier molecular flexibility index (Phi) is 4.63. The zero-order valence-electron chi connectivity index (χ0n) is 11.1. The van der Waals surface area contributed by atoms with Crippen molar-refractivity contribution in [1.82, 2.24) is 4.98 Å². The van der Waals surface area contributed by atoms with Crippen molar-refractivity contribution in [2.24, 2.45) is 0 Å². The van der Waals surface area contributed by atoms with E-state index in [1.807, 2.05) is 50.2 Å². The molecule has 0 unspecified atom stereocenters. The monoisotopic (exact) mass is 276 g/mol. The van der Waals surface area contributed by atoms with E-state index in [0.717, 1.165) is 22.2 Å². The first-order valence-electron chi connectivity index (χ1n) is 6.26. The predicted molar refractivity (Wildman–Crippen MR) is 78.8 cm³/mol. The molecule has 1 aromatic carbocycles. The van der Waals surface area contributed by atoms with Crippen LogP contribution < -0.4 is 10.1 Å². The number of hydrogen-bond acceptors (Lipinski definition) is 3. The molecule has 4 heteroatoms. The van der Waals surface area contributed by atoms with Crippen molar-refractivity contribution in [3.63, 3.8) is 0 Å². The molecule has 0 amide bonds. The molecule has 3 nitrogen and oxygen atoms in total. The Morgan fingerprint density at radius 3 is 2.74 bits per heavy atom. The Bertz CT molecular complexity index is 543. The number of aromatic nitrogens is 1. The van der Waals surface area contributed by atoms with Gasteiger partial charge in [-0.15, -0.1) is 0 Å². The average Bonchev–Trinajstić information content (AvgIpc) is 2.39. The summed E-state index contributed by atoms with van der Waals surface area (Å²) in [4.78, 5) is 4.30. The molecule has 19 heavy (non-hydrogen) atoms. The summed E-state index contributed by atoms with van der Waals surface area (Å²) in [6.45, 7) is 4.60. The highest BCUT2D eigenvalue weighted by Crippen LogP contribution is 2.24. The molecule has 2 rings (SSSR count). The fourth-order valence-corrected chi connectivity index (χ4v) is 1.90. The van der Waals surface area contributed by atoms with E-state index in [1.54, 1.807) is 6.20 Å². The van der Waals surface area contributed by atoms with Crippen LogP contribution >= 0.6 is 11.6 Å². The molecule has 0 radical (unpaired) electrons. The molecule has 1 aromatic heterocycles. The largest absolute Gasteiger partial charge is 0.487 e. The van der Waals surface area contributed by atoms with E-state index in [0.29, 0.717) is 6.54 Å². The Morgan fingerprint density at radius 1 is 1.21 bits per heavy atom. The van der Waals surface area contributed by atoms with Gasteiger partial charge in [-0.05, 0) is 37.6 Å². The van der Waals surface area contributed by atoms with Gasteiger partial charge in [0.1, 0.15) is 0 Å². The van der Waals surface area contributed by atoms with E-state index in [1.165, 1.54) is 0 Å². The summed E-state index contributed by atoms with van der Waals surface area (Å²) < 4.78 is 5.71. The number of anilines is 1. The first-order chi connectivity index (χ1) is 9.16. The van der Waals surface area contributed by atoms with Crippen molar-refractivity contribution in [3.05, 3.63) is 53.2 Å². The number of hydrogen-bond donors (Lipinski definition) is 1. The molecule has 0 bridgehead atoms. The number of benzene rings is 1. The summed E-state index contributed by atoms with van der Waals surface area (Å²) in [6.07, 6.45) is 1.85. The molecule has 0 saturated heterocycles. The van der Waals surface area contributed by atoms with Crippen molar-refractivity contribution in [2.45, 2.75) is 26.5 Å². The van der Waals surface area contributed by atoms with Crippen LogP contribution in [0.25, 0.3) is 0 Å². The molecule has 1 N–H and O–H groups in total.